The second kappa shape index (κ2) is 31.5. The van der Waals surface area contributed by atoms with Gasteiger partial charge in [0.15, 0.2) is 6.04 Å². The summed E-state index contributed by atoms with van der Waals surface area (Å²) in [7, 11) is -4.74. The summed E-state index contributed by atoms with van der Waals surface area (Å²) in [6.45, 7) is 2.49. The average molecular weight is 692 g/mol. The van der Waals surface area contributed by atoms with Gasteiger partial charge in [-0.15, -0.1) is 0 Å². The van der Waals surface area contributed by atoms with Crippen molar-refractivity contribution in [1.29, 1.82) is 0 Å². The number of unbranched alkanes of at least 4 members (excludes halogenated alkanes) is 18. The van der Waals surface area contributed by atoms with Crippen LogP contribution in [0.25, 0.3) is 0 Å². The topological polar surface area (TPSA) is 169 Å². The lowest BCUT2D eigenvalue weighted by Gasteiger charge is -2.18. The second-order valence-corrected chi connectivity index (χ2v) is 13.9. The number of carbonyl (C=O) groups is 3. The SMILES string of the molecule is CCC/C=C\CCCCCCCC(=O)OCC(O)COP(=O)(O)OCC(NC(=O)CCCCCCCCCCCCCCC)C(=O)O. The molecule has 0 aliphatic rings. The first-order valence-corrected chi connectivity index (χ1v) is 19.7. The van der Waals surface area contributed by atoms with E-state index in [1.54, 1.807) is 0 Å². The number of carbonyl (C=O) groups excluding carboxylic acids is 2. The van der Waals surface area contributed by atoms with Gasteiger partial charge in [-0.2, -0.15) is 0 Å². The summed E-state index contributed by atoms with van der Waals surface area (Å²) in [6.07, 6.45) is 26.8. The summed E-state index contributed by atoms with van der Waals surface area (Å²) in [5.74, 6) is -2.38. The molecule has 0 saturated heterocycles. The maximum atomic E-state index is 12.2. The van der Waals surface area contributed by atoms with Gasteiger partial charge in [0.05, 0.1) is 13.2 Å². The van der Waals surface area contributed by atoms with Crippen LogP contribution in [-0.2, 0) is 32.7 Å². The Bertz CT molecular complexity index is 869. The summed E-state index contributed by atoms with van der Waals surface area (Å²) in [5, 5.41) is 21.7. The molecule has 11 nitrogen and oxygen atoms in total. The van der Waals surface area contributed by atoms with Crippen LogP contribution in [0.3, 0.4) is 0 Å². The van der Waals surface area contributed by atoms with Gasteiger partial charge in [-0.3, -0.25) is 18.6 Å². The molecule has 1 amide bonds. The lowest BCUT2D eigenvalue weighted by Crippen LogP contribution is -2.43. The minimum atomic E-state index is -4.74. The van der Waals surface area contributed by atoms with Crippen LogP contribution in [0.4, 0.5) is 0 Å². The van der Waals surface area contributed by atoms with Crippen LogP contribution in [-0.4, -0.2) is 64.9 Å². The molecule has 0 spiro atoms. The maximum Gasteiger partial charge on any atom is 0.472 e. The lowest BCUT2D eigenvalue weighted by molar-refractivity contribution is -0.147. The minimum absolute atomic E-state index is 0.150. The highest BCUT2D eigenvalue weighted by molar-refractivity contribution is 7.47. The molecule has 3 unspecified atom stereocenters. The summed E-state index contributed by atoms with van der Waals surface area (Å²) < 4.78 is 26.6. The highest BCUT2D eigenvalue weighted by Gasteiger charge is 2.28. The molecule has 4 N–H and O–H groups in total. The summed E-state index contributed by atoms with van der Waals surface area (Å²) in [5.41, 5.74) is 0. The van der Waals surface area contributed by atoms with Gasteiger partial charge >= 0.3 is 19.8 Å². The standard InChI is InChI=1S/C35H66NO10P/c1-3-5-7-9-11-13-15-16-17-18-20-22-24-26-33(38)36-32(35(40)41)30-46-47(42,43)45-29-31(37)28-44-34(39)27-25-23-21-19-14-12-10-8-6-4-2/h8,10,31-32,37H,3-7,9,11-30H2,1-2H3,(H,36,38)(H,40,41)(H,42,43)/b10-8-. The van der Waals surface area contributed by atoms with E-state index in [0.717, 1.165) is 64.2 Å². The number of esters is 1. The summed E-state index contributed by atoms with van der Waals surface area (Å²) in [4.78, 5) is 45.5. The number of hydrogen-bond acceptors (Lipinski definition) is 8. The highest BCUT2D eigenvalue weighted by atomic mass is 31.2. The zero-order valence-corrected chi connectivity index (χ0v) is 30.2. The van der Waals surface area contributed by atoms with E-state index in [0.29, 0.717) is 12.8 Å². The first kappa shape index (κ1) is 45.2. The van der Waals surface area contributed by atoms with E-state index < -0.39 is 57.6 Å². The van der Waals surface area contributed by atoms with Crippen molar-refractivity contribution in [3.05, 3.63) is 12.2 Å². The molecule has 0 aromatic rings. The number of aliphatic hydroxyl groups is 1. The van der Waals surface area contributed by atoms with Crippen molar-refractivity contribution < 1.29 is 47.8 Å². The van der Waals surface area contributed by atoms with Crippen LogP contribution >= 0.6 is 7.82 Å². The van der Waals surface area contributed by atoms with Crippen molar-refractivity contribution in [1.82, 2.24) is 5.32 Å². The molecule has 0 saturated carbocycles. The fourth-order valence-corrected chi connectivity index (χ4v) is 5.68. The van der Waals surface area contributed by atoms with Crippen LogP contribution in [0.15, 0.2) is 12.2 Å². The first-order valence-electron chi connectivity index (χ1n) is 18.2. The van der Waals surface area contributed by atoms with Crippen molar-refractivity contribution in [2.75, 3.05) is 19.8 Å². The van der Waals surface area contributed by atoms with E-state index in [1.165, 1.54) is 57.8 Å². The number of amides is 1. The molecule has 0 bridgehead atoms. The van der Waals surface area contributed by atoms with Crippen molar-refractivity contribution >= 4 is 25.7 Å². The Labute approximate surface area is 284 Å². The third-order valence-electron chi connectivity index (χ3n) is 7.79. The number of allylic oxidation sites excluding steroid dienone is 2. The number of hydrogen-bond donors (Lipinski definition) is 4. The lowest BCUT2D eigenvalue weighted by atomic mass is 10.0. The van der Waals surface area contributed by atoms with Crippen molar-refractivity contribution in [3.8, 4) is 0 Å². The zero-order chi connectivity index (χ0) is 35.0. The third-order valence-corrected chi connectivity index (χ3v) is 8.74. The third kappa shape index (κ3) is 31.3. The molecule has 0 fully saturated rings. The number of carboxylic acids is 1. The molecule has 0 aliphatic carbocycles. The van der Waals surface area contributed by atoms with E-state index in [1.807, 2.05) is 0 Å². The zero-order valence-electron chi connectivity index (χ0n) is 29.3. The van der Waals surface area contributed by atoms with Gasteiger partial charge in [0, 0.05) is 12.8 Å². The molecule has 0 aromatic carbocycles. The molecule has 0 rings (SSSR count). The minimum Gasteiger partial charge on any atom is -0.480 e. The Hall–Kier alpha value is -1.78. The molecule has 12 heteroatoms. The largest absolute Gasteiger partial charge is 0.480 e. The molecular formula is C35H66NO10P. The van der Waals surface area contributed by atoms with Crippen LogP contribution in [0.2, 0.25) is 0 Å². The van der Waals surface area contributed by atoms with Gasteiger partial charge < -0.3 is 25.2 Å². The average Bonchev–Trinajstić information content (AvgIpc) is 3.04. The highest BCUT2D eigenvalue weighted by Crippen LogP contribution is 2.43. The van der Waals surface area contributed by atoms with E-state index in [2.05, 4.69) is 31.3 Å². The number of aliphatic carboxylic acids is 1. The Morgan fingerprint density at radius 2 is 1.15 bits per heavy atom. The maximum absolute atomic E-state index is 12.2. The van der Waals surface area contributed by atoms with Crippen LogP contribution in [0.1, 0.15) is 162 Å². The normalized spacial score (nSPS) is 14.1. The van der Waals surface area contributed by atoms with Crippen molar-refractivity contribution in [2.45, 2.75) is 174 Å². The van der Waals surface area contributed by atoms with Gasteiger partial charge in [0.1, 0.15) is 12.7 Å². The van der Waals surface area contributed by atoms with Crippen molar-refractivity contribution in [3.63, 3.8) is 0 Å². The predicted molar refractivity (Wildman–Crippen MR) is 185 cm³/mol. The number of phosphoric acid groups is 1. The molecule has 0 radical (unpaired) electrons. The predicted octanol–water partition coefficient (Wildman–Crippen LogP) is 8.16. The van der Waals surface area contributed by atoms with E-state index in [-0.39, 0.29) is 12.8 Å². The fourth-order valence-electron chi connectivity index (χ4n) is 4.90. The monoisotopic (exact) mass is 691 g/mol. The molecule has 47 heavy (non-hydrogen) atoms. The smallest absolute Gasteiger partial charge is 0.472 e. The number of rotatable bonds is 34. The molecule has 0 heterocycles. The Morgan fingerprint density at radius 3 is 1.70 bits per heavy atom. The van der Waals surface area contributed by atoms with Gasteiger partial charge in [-0.25, -0.2) is 9.36 Å². The summed E-state index contributed by atoms with van der Waals surface area (Å²) >= 11 is 0. The Kier molecular flexibility index (Phi) is 30.3. The van der Waals surface area contributed by atoms with Crippen LogP contribution in [0.5, 0.6) is 0 Å². The molecule has 0 aromatic heterocycles. The van der Waals surface area contributed by atoms with E-state index in [9.17, 15) is 34.1 Å². The fraction of sp³-hybridized carbons (Fsp3) is 0.857. The first-order chi connectivity index (χ1) is 22.6. The molecule has 3 atom stereocenters. The molecule has 0 aliphatic heterocycles. The summed E-state index contributed by atoms with van der Waals surface area (Å²) in [6, 6.07) is -1.54. The molecular weight excluding hydrogens is 625 g/mol. The van der Waals surface area contributed by atoms with Crippen LogP contribution < -0.4 is 5.32 Å². The number of ether oxygens (including phenoxy) is 1. The van der Waals surface area contributed by atoms with Gasteiger partial charge in [0.25, 0.3) is 0 Å². The molecule has 276 valence electrons. The van der Waals surface area contributed by atoms with Crippen molar-refractivity contribution in [2.24, 2.45) is 0 Å². The van der Waals surface area contributed by atoms with E-state index in [4.69, 9.17) is 13.8 Å². The Balaban J connectivity index is 3.99. The number of carboxylic acid groups (broad SMARTS) is 1. The quantitative estimate of drug-likeness (QED) is 0.0224. The number of aliphatic hydroxyl groups excluding tert-OH is 1. The van der Waals surface area contributed by atoms with E-state index >= 15 is 0 Å². The second-order valence-electron chi connectivity index (χ2n) is 12.4. The Morgan fingerprint density at radius 1 is 0.660 bits per heavy atom. The van der Waals surface area contributed by atoms with Crippen LogP contribution in [0, 0.1) is 0 Å². The number of nitrogens with one attached hydrogen (secondary N) is 1. The van der Waals surface area contributed by atoms with Gasteiger partial charge in [0.2, 0.25) is 5.91 Å². The van der Waals surface area contributed by atoms with Gasteiger partial charge in [-0.05, 0) is 32.1 Å². The van der Waals surface area contributed by atoms with Gasteiger partial charge in [-0.1, -0.05) is 129 Å². The number of phosphoric ester groups is 1.